The van der Waals surface area contributed by atoms with E-state index < -0.39 is 0 Å². The fraction of sp³-hybridized carbons (Fsp3) is 0.875. The van der Waals surface area contributed by atoms with E-state index in [1.54, 1.807) is 6.92 Å². The molecule has 0 amide bonds. The summed E-state index contributed by atoms with van der Waals surface area (Å²) in [7, 11) is 0. The number of rotatable bonds is 1. The second kappa shape index (κ2) is 3.12. The maximum atomic E-state index is 11.0. The van der Waals surface area contributed by atoms with Crippen LogP contribution in [-0.2, 0) is 9.53 Å². The average Bonchev–Trinajstić information content (AvgIpc) is 2.46. The Morgan fingerprint density at radius 1 is 1.58 bits per heavy atom. The van der Waals surface area contributed by atoms with Crippen LogP contribution in [0.3, 0.4) is 0 Å². The molecule has 0 aromatic rings. The molecule has 2 heterocycles. The molecule has 0 saturated carbocycles. The lowest BCUT2D eigenvalue weighted by molar-refractivity contribution is -0.128. The van der Waals surface area contributed by atoms with Gasteiger partial charge in [-0.3, -0.25) is 10.1 Å². The lowest BCUT2D eigenvalue weighted by atomic mass is 10.1. The van der Waals surface area contributed by atoms with Crippen molar-refractivity contribution in [2.45, 2.75) is 31.7 Å². The first kappa shape index (κ1) is 8.16. The second-order valence-corrected chi connectivity index (χ2v) is 3.43. The summed E-state index contributed by atoms with van der Waals surface area (Å²) in [5.74, 6) is 0.0735. The van der Waals surface area contributed by atoms with Crippen molar-refractivity contribution in [1.82, 2.24) is 10.6 Å². The van der Waals surface area contributed by atoms with Gasteiger partial charge in [0.25, 0.3) is 0 Å². The number of hydrogen-bond donors (Lipinski definition) is 2. The predicted molar refractivity (Wildman–Crippen MR) is 43.8 cm³/mol. The van der Waals surface area contributed by atoms with Gasteiger partial charge in [0.05, 0.1) is 6.10 Å². The lowest BCUT2D eigenvalue weighted by Gasteiger charge is -2.23. The maximum Gasteiger partial charge on any atom is 0.173 e. The van der Waals surface area contributed by atoms with E-state index in [9.17, 15) is 4.79 Å². The summed E-state index contributed by atoms with van der Waals surface area (Å²) in [6, 6.07) is 0.375. The molecule has 68 valence electrons. The van der Waals surface area contributed by atoms with Crippen molar-refractivity contribution in [3.05, 3.63) is 0 Å². The Kier molecular flexibility index (Phi) is 2.12. The normalized spacial score (nSPS) is 40.9. The van der Waals surface area contributed by atoms with Gasteiger partial charge in [-0.25, -0.2) is 0 Å². The van der Waals surface area contributed by atoms with Crippen molar-refractivity contribution in [3.8, 4) is 0 Å². The van der Waals surface area contributed by atoms with Gasteiger partial charge in [-0.05, 0) is 19.9 Å². The summed E-state index contributed by atoms with van der Waals surface area (Å²) in [5, 5.41) is 6.42. The van der Waals surface area contributed by atoms with Crippen molar-refractivity contribution in [3.63, 3.8) is 0 Å². The highest BCUT2D eigenvalue weighted by Crippen LogP contribution is 2.17. The van der Waals surface area contributed by atoms with Gasteiger partial charge >= 0.3 is 0 Å². The zero-order valence-electron chi connectivity index (χ0n) is 7.17. The average molecular weight is 170 g/mol. The van der Waals surface area contributed by atoms with Crippen LogP contribution >= 0.6 is 0 Å². The minimum Gasteiger partial charge on any atom is -0.350 e. The third-order valence-corrected chi connectivity index (χ3v) is 2.47. The molecule has 12 heavy (non-hydrogen) atoms. The smallest absolute Gasteiger partial charge is 0.173 e. The van der Waals surface area contributed by atoms with Gasteiger partial charge in [-0.15, -0.1) is 0 Å². The third-order valence-electron chi connectivity index (χ3n) is 2.47. The second-order valence-electron chi connectivity index (χ2n) is 3.43. The van der Waals surface area contributed by atoms with Crippen LogP contribution in [0.15, 0.2) is 0 Å². The first-order chi connectivity index (χ1) is 5.77. The molecule has 2 N–H and O–H groups in total. The van der Waals surface area contributed by atoms with Gasteiger partial charge in [0, 0.05) is 12.6 Å². The molecule has 0 aliphatic carbocycles. The van der Waals surface area contributed by atoms with Crippen molar-refractivity contribution < 1.29 is 9.53 Å². The van der Waals surface area contributed by atoms with Gasteiger partial charge in [0.1, 0.15) is 0 Å². The van der Waals surface area contributed by atoms with E-state index in [1.165, 1.54) is 0 Å². The minimum atomic E-state index is -0.361. The van der Waals surface area contributed by atoms with Crippen LogP contribution in [0.5, 0.6) is 0 Å². The van der Waals surface area contributed by atoms with Crippen LogP contribution < -0.4 is 10.6 Å². The van der Waals surface area contributed by atoms with E-state index in [0.29, 0.717) is 6.04 Å². The van der Waals surface area contributed by atoms with E-state index in [1.807, 2.05) is 0 Å². The van der Waals surface area contributed by atoms with E-state index in [-0.39, 0.29) is 18.1 Å². The Morgan fingerprint density at radius 3 is 3.08 bits per heavy atom. The molecule has 2 fully saturated rings. The van der Waals surface area contributed by atoms with Gasteiger partial charge in [-0.2, -0.15) is 0 Å². The lowest BCUT2D eigenvalue weighted by Crippen LogP contribution is -2.46. The number of ketones is 1. The molecule has 0 bridgehead atoms. The van der Waals surface area contributed by atoms with Crippen LogP contribution in [0.25, 0.3) is 0 Å². The Bertz CT molecular complexity index is 181. The Balaban J connectivity index is 1.98. The summed E-state index contributed by atoms with van der Waals surface area (Å²) >= 11 is 0. The molecular formula is C8H14N2O2. The molecule has 0 radical (unpaired) electrons. The number of piperidine rings is 1. The van der Waals surface area contributed by atoms with E-state index >= 15 is 0 Å². The minimum absolute atomic E-state index is 0.0735. The Labute approximate surface area is 71.7 Å². The number of carbonyl (C=O) groups excluding carboxylic acids is 1. The number of ether oxygens (including phenoxy) is 1. The van der Waals surface area contributed by atoms with Crippen LogP contribution in [0.1, 0.15) is 13.3 Å². The molecule has 2 saturated heterocycles. The number of carbonyl (C=O) groups is 1. The van der Waals surface area contributed by atoms with E-state index in [0.717, 1.165) is 19.5 Å². The highest BCUT2D eigenvalue weighted by atomic mass is 16.5. The largest absolute Gasteiger partial charge is 0.350 e. The van der Waals surface area contributed by atoms with Gasteiger partial charge in [-0.1, -0.05) is 0 Å². The SMILES string of the molecule is CC(=O)C1NC2CCNCC2O1. The molecule has 3 atom stereocenters. The van der Waals surface area contributed by atoms with Crippen LogP contribution in [0.4, 0.5) is 0 Å². The fourth-order valence-corrected chi connectivity index (χ4v) is 1.79. The van der Waals surface area contributed by atoms with Gasteiger partial charge in [0.2, 0.25) is 0 Å². The first-order valence-electron chi connectivity index (χ1n) is 4.40. The highest BCUT2D eigenvalue weighted by molar-refractivity contribution is 5.80. The molecule has 0 spiro atoms. The Morgan fingerprint density at radius 2 is 2.42 bits per heavy atom. The maximum absolute atomic E-state index is 11.0. The molecule has 2 aliphatic heterocycles. The molecule has 2 aliphatic rings. The van der Waals surface area contributed by atoms with Crippen molar-refractivity contribution >= 4 is 5.78 Å². The summed E-state index contributed by atoms with van der Waals surface area (Å²) < 4.78 is 5.50. The van der Waals surface area contributed by atoms with Gasteiger partial charge < -0.3 is 10.1 Å². The topological polar surface area (TPSA) is 50.4 Å². The highest BCUT2D eigenvalue weighted by Gasteiger charge is 2.37. The molecule has 0 aromatic carbocycles. The third kappa shape index (κ3) is 1.37. The molecular weight excluding hydrogens is 156 g/mol. The number of Topliss-reactive ketones (excluding diaryl/α,β-unsaturated/α-hetero) is 1. The summed E-state index contributed by atoms with van der Waals surface area (Å²) in [6.45, 7) is 3.44. The first-order valence-corrected chi connectivity index (χ1v) is 4.40. The van der Waals surface area contributed by atoms with Crippen LogP contribution in [-0.4, -0.2) is 37.2 Å². The summed E-state index contributed by atoms with van der Waals surface area (Å²) in [4.78, 5) is 11.0. The van der Waals surface area contributed by atoms with Crippen molar-refractivity contribution in [2.24, 2.45) is 0 Å². The van der Waals surface area contributed by atoms with Crippen molar-refractivity contribution in [1.29, 1.82) is 0 Å². The zero-order valence-corrected chi connectivity index (χ0v) is 7.17. The monoisotopic (exact) mass is 170 g/mol. The number of nitrogens with one attached hydrogen (secondary N) is 2. The van der Waals surface area contributed by atoms with Crippen LogP contribution in [0, 0.1) is 0 Å². The molecule has 2 rings (SSSR count). The van der Waals surface area contributed by atoms with Crippen molar-refractivity contribution in [2.75, 3.05) is 13.1 Å². The van der Waals surface area contributed by atoms with Crippen LogP contribution in [0.2, 0.25) is 0 Å². The van der Waals surface area contributed by atoms with E-state index in [4.69, 9.17) is 4.74 Å². The van der Waals surface area contributed by atoms with E-state index in [2.05, 4.69) is 10.6 Å². The standard InChI is InChI=1S/C8H14N2O2/c1-5(11)8-10-6-2-3-9-4-7(6)12-8/h6-10H,2-4H2,1H3. The zero-order chi connectivity index (χ0) is 8.55. The molecule has 3 unspecified atom stereocenters. The summed E-state index contributed by atoms with van der Waals surface area (Å²) in [6.07, 6.45) is 0.876. The number of hydrogen-bond acceptors (Lipinski definition) is 4. The quantitative estimate of drug-likeness (QED) is 0.544. The molecule has 0 aromatic heterocycles. The molecule has 4 nitrogen and oxygen atoms in total. The Hall–Kier alpha value is -0.450. The number of fused-ring (bicyclic) bond motifs is 1. The summed E-state index contributed by atoms with van der Waals surface area (Å²) in [5.41, 5.74) is 0. The predicted octanol–water partition coefficient (Wildman–Crippen LogP) is -0.748. The van der Waals surface area contributed by atoms with Gasteiger partial charge in [0.15, 0.2) is 12.0 Å². The fourth-order valence-electron chi connectivity index (χ4n) is 1.79. The molecule has 4 heteroatoms.